The summed E-state index contributed by atoms with van der Waals surface area (Å²) in [7, 11) is 0. The topological polar surface area (TPSA) is 12.0 Å². The molecule has 1 aliphatic carbocycles. The van der Waals surface area contributed by atoms with Gasteiger partial charge in [0.15, 0.2) is 11.6 Å². The lowest BCUT2D eigenvalue weighted by molar-refractivity contribution is 0.497. The monoisotopic (exact) mass is 239 g/mol. The highest BCUT2D eigenvalue weighted by Gasteiger charge is 2.20. The van der Waals surface area contributed by atoms with Crippen LogP contribution in [0.4, 0.5) is 8.78 Å². The Hall–Kier alpha value is -0.960. The van der Waals surface area contributed by atoms with Crippen molar-refractivity contribution in [2.75, 3.05) is 6.54 Å². The molecule has 17 heavy (non-hydrogen) atoms. The Morgan fingerprint density at radius 2 is 2.06 bits per heavy atom. The van der Waals surface area contributed by atoms with Crippen LogP contribution in [-0.4, -0.2) is 6.54 Å². The van der Waals surface area contributed by atoms with E-state index >= 15 is 0 Å². The molecule has 94 valence electrons. The van der Waals surface area contributed by atoms with Crippen LogP contribution in [0.1, 0.15) is 44.2 Å². The van der Waals surface area contributed by atoms with Crippen molar-refractivity contribution in [3.63, 3.8) is 0 Å². The molecule has 0 aliphatic heterocycles. The van der Waals surface area contributed by atoms with Gasteiger partial charge in [-0.2, -0.15) is 0 Å². The van der Waals surface area contributed by atoms with Crippen LogP contribution in [-0.2, 0) is 0 Å². The van der Waals surface area contributed by atoms with E-state index in [-0.39, 0.29) is 6.04 Å². The van der Waals surface area contributed by atoms with Gasteiger partial charge in [-0.1, -0.05) is 18.9 Å². The van der Waals surface area contributed by atoms with Crippen molar-refractivity contribution in [2.45, 2.75) is 38.6 Å². The number of benzene rings is 1. The largest absolute Gasteiger partial charge is 0.310 e. The first-order chi connectivity index (χ1) is 8.16. The van der Waals surface area contributed by atoms with Gasteiger partial charge in [0.25, 0.3) is 0 Å². The summed E-state index contributed by atoms with van der Waals surface area (Å²) in [4.78, 5) is 0. The Kier molecular flexibility index (Phi) is 4.11. The molecule has 0 amide bonds. The smallest absolute Gasteiger partial charge is 0.159 e. The van der Waals surface area contributed by atoms with Crippen LogP contribution in [0.3, 0.4) is 0 Å². The van der Waals surface area contributed by atoms with Gasteiger partial charge in [0.05, 0.1) is 0 Å². The molecule has 1 saturated carbocycles. The van der Waals surface area contributed by atoms with Gasteiger partial charge in [0.1, 0.15) is 0 Å². The fourth-order valence-corrected chi connectivity index (χ4v) is 2.02. The van der Waals surface area contributed by atoms with Gasteiger partial charge in [-0.25, -0.2) is 8.78 Å². The molecule has 3 heteroatoms. The zero-order chi connectivity index (χ0) is 12.3. The molecule has 1 aromatic carbocycles. The Morgan fingerprint density at radius 1 is 1.29 bits per heavy atom. The van der Waals surface area contributed by atoms with Crippen molar-refractivity contribution in [1.82, 2.24) is 5.32 Å². The van der Waals surface area contributed by atoms with Crippen molar-refractivity contribution in [2.24, 2.45) is 5.92 Å². The molecule has 1 aromatic rings. The average molecular weight is 239 g/mol. The van der Waals surface area contributed by atoms with E-state index in [0.717, 1.165) is 18.0 Å². The van der Waals surface area contributed by atoms with Crippen molar-refractivity contribution < 1.29 is 8.78 Å². The first-order valence-corrected chi connectivity index (χ1v) is 6.35. The molecular weight excluding hydrogens is 220 g/mol. The molecule has 1 aliphatic rings. The van der Waals surface area contributed by atoms with Gasteiger partial charge in [0.2, 0.25) is 0 Å². The van der Waals surface area contributed by atoms with Crippen molar-refractivity contribution in [1.29, 1.82) is 0 Å². The Labute approximate surface area is 101 Å². The Balaban J connectivity index is 1.76. The number of nitrogens with one attached hydrogen (secondary N) is 1. The molecule has 1 fully saturated rings. The number of hydrogen-bond donors (Lipinski definition) is 1. The first kappa shape index (κ1) is 12.5. The summed E-state index contributed by atoms with van der Waals surface area (Å²) in [5.74, 6) is -0.598. The SMILES string of the molecule is CC(NCCCC1CC1)c1ccc(F)c(F)c1. The lowest BCUT2D eigenvalue weighted by Crippen LogP contribution is -2.20. The van der Waals surface area contributed by atoms with E-state index in [1.54, 1.807) is 6.07 Å². The Morgan fingerprint density at radius 3 is 2.71 bits per heavy atom. The third-order valence-corrected chi connectivity index (χ3v) is 3.38. The number of rotatable bonds is 6. The maximum atomic E-state index is 13.0. The molecule has 0 heterocycles. The highest BCUT2D eigenvalue weighted by Crippen LogP contribution is 2.33. The van der Waals surface area contributed by atoms with Crippen LogP contribution < -0.4 is 5.32 Å². The van der Waals surface area contributed by atoms with E-state index in [1.807, 2.05) is 6.92 Å². The highest BCUT2D eigenvalue weighted by atomic mass is 19.2. The van der Waals surface area contributed by atoms with Gasteiger partial charge in [0, 0.05) is 6.04 Å². The minimum atomic E-state index is -0.783. The highest BCUT2D eigenvalue weighted by molar-refractivity contribution is 5.20. The van der Waals surface area contributed by atoms with E-state index in [1.165, 1.54) is 37.8 Å². The summed E-state index contributed by atoms with van der Waals surface area (Å²) in [6, 6.07) is 4.17. The van der Waals surface area contributed by atoms with Crippen LogP contribution >= 0.6 is 0 Å². The molecule has 1 unspecified atom stereocenters. The molecule has 0 radical (unpaired) electrons. The lowest BCUT2D eigenvalue weighted by Gasteiger charge is -2.14. The standard InChI is InChI=1S/C14H19F2N/c1-10(17-8-2-3-11-4-5-11)12-6-7-13(15)14(16)9-12/h6-7,9-11,17H,2-5,8H2,1H3. The van der Waals surface area contributed by atoms with Gasteiger partial charge in [-0.05, 0) is 49.9 Å². The number of hydrogen-bond acceptors (Lipinski definition) is 1. The lowest BCUT2D eigenvalue weighted by atomic mass is 10.1. The van der Waals surface area contributed by atoms with Crippen LogP contribution in [0.2, 0.25) is 0 Å². The van der Waals surface area contributed by atoms with E-state index in [2.05, 4.69) is 5.32 Å². The van der Waals surface area contributed by atoms with E-state index in [4.69, 9.17) is 0 Å². The van der Waals surface area contributed by atoms with Gasteiger partial charge < -0.3 is 5.32 Å². The van der Waals surface area contributed by atoms with Crippen molar-refractivity contribution in [3.05, 3.63) is 35.4 Å². The minimum Gasteiger partial charge on any atom is -0.310 e. The van der Waals surface area contributed by atoms with E-state index in [0.29, 0.717) is 0 Å². The first-order valence-electron chi connectivity index (χ1n) is 6.35. The molecule has 0 aromatic heterocycles. The third-order valence-electron chi connectivity index (χ3n) is 3.38. The molecule has 1 N–H and O–H groups in total. The summed E-state index contributed by atoms with van der Waals surface area (Å²) in [5, 5.41) is 3.34. The summed E-state index contributed by atoms with van der Waals surface area (Å²) in [6.45, 7) is 2.92. The zero-order valence-corrected chi connectivity index (χ0v) is 10.2. The summed E-state index contributed by atoms with van der Waals surface area (Å²) < 4.78 is 25.8. The van der Waals surface area contributed by atoms with Gasteiger partial charge in [-0.3, -0.25) is 0 Å². The van der Waals surface area contributed by atoms with Crippen molar-refractivity contribution >= 4 is 0 Å². The van der Waals surface area contributed by atoms with Crippen LogP contribution in [0, 0.1) is 17.6 Å². The molecule has 0 saturated heterocycles. The van der Waals surface area contributed by atoms with Gasteiger partial charge >= 0.3 is 0 Å². The molecule has 1 atom stereocenters. The second-order valence-electron chi connectivity index (χ2n) is 4.93. The molecular formula is C14H19F2N. The van der Waals surface area contributed by atoms with Crippen molar-refractivity contribution in [3.8, 4) is 0 Å². The zero-order valence-electron chi connectivity index (χ0n) is 10.2. The van der Waals surface area contributed by atoms with Crippen LogP contribution in [0.15, 0.2) is 18.2 Å². The summed E-state index contributed by atoms with van der Waals surface area (Å²) >= 11 is 0. The summed E-state index contributed by atoms with van der Waals surface area (Å²) in [5.41, 5.74) is 0.801. The third kappa shape index (κ3) is 3.77. The summed E-state index contributed by atoms with van der Waals surface area (Å²) in [6.07, 6.45) is 5.23. The normalized spacial score (nSPS) is 17.1. The predicted molar refractivity (Wildman–Crippen MR) is 64.7 cm³/mol. The molecule has 1 nitrogen and oxygen atoms in total. The quantitative estimate of drug-likeness (QED) is 0.744. The fourth-order valence-electron chi connectivity index (χ4n) is 2.02. The van der Waals surface area contributed by atoms with E-state index < -0.39 is 11.6 Å². The second kappa shape index (κ2) is 5.58. The fraction of sp³-hybridized carbons (Fsp3) is 0.571. The molecule has 2 rings (SSSR count). The molecule has 0 spiro atoms. The minimum absolute atomic E-state index is 0.0734. The Bertz CT molecular complexity index is 374. The van der Waals surface area contributed by atoms with Crippen LogP contribution in [0.25, 0.3) is 0 Å². The van der Waals surface area contributed by atoms with Crippen LogP contribution in [0.5, 0.6) is 0 Å². The second-order valence-corrected chi connectivity index (χ2v) is 4.93. The predicted octanol–water partition coefficient (Wildman–Crippen LogP) is 3.81. The molecule has 0 bridgehead atoms. The number of halogens is 2. The average Bonchev–Trinajstić information content (AvgIpc) is 3.12. The maximum absolute atomic E-state index is 13.0. The van der Waals surface area contributed by atoms with Gasteiger partial charge in [-0.15, -0.1) is 0 Å². The maximum Gasteiger partial charge on any atom is 0.159 e. The van der Waals surface area contributed by atoms with E-state index in [9.17, 15) is 8.78 Å².